The molecule has 0 radical (unpaired) electrons. The summed E-state index contributed by atoms with van der Waals surface area (Å²) in [6.45, 7) is 9.82. The van der Waals surface area contributed by atoms with Gasteiger partial charge in [0.2, 0.25) is 0 Å². The van der Waals surface area contributed by atoms with Crippen LogP contribution in [-0.2, 0) is 4.74 Å². The van der Waals surface area contributed by atoms with Gasteiger partial charge in [0.05, 0.1) is 0 Å². The van der Waals surface area contributed by atoms with E-state index in [1.165, 1.54) is 25.9 Å². The van der Waals surface area contributed by atoms with Gasteiger partial charge >= 0.3 is 0 Å². The number of nitrogens with two attached hydrogens (primary N) is 1. The lowest BCUT2D eigenvalue weighted by Crippen LogP contribution is -2.23. The van der Waals surface area contributed by atoms with Crippen LogP contribution < -0.4 is 5.73 Å². The van der Waals surface area contributed by atoms with Crippen molar-refractivity contribution < 1.29 is 4.74 Å². The zero-order valence-corrected chi connectivity index (χ0v) is 10.1. The van der Waals surface area contributed by atoms with Gasteiger partial charge in [-0.2, -0.15) is 0 Å². The van der Waals surface area contributed by atoms with Crippen molar-refractivity contribution in [2.45, 2.75) is 19.8 Å². The first-order valence-corrected chi connectivity index (χ1v) is 5.86. The molecule has 2 N–H and O–H groups in total. The maximum Gasteiger partial charge on any atom is 0.112 e. The second kappa shape index (κ2) is 7.12. The lowest BCUT2D eigenvalue weighted by atomic mass is 10.3. The fourth-order valence-electron chi connectivity index (χ4n) is 1.65. The van der Waals surface area contributed by atoms with Gasteiger partial charge in [0.1, 0.15) is 12.4 Å². The summed E-state index contributed by atoms with van der Waals surface area (Å²) >= 11 is 0. The summed E-state index contributed by atoms with van der Waals surface area (Å²) in [5.41, 5.74) is 6.35. The zero-order valence-electron chi connectivity index (χ0n) is 10.1. The van der Waals surface area contributed by atoms with E-state index in [0.717, 1.165) is 12.2 Å². The van der Waals surface area contributed by atoms with Gasteiger partial charge in [-0.3, -0.25) is 4.90 Å². The number of likely N-dealkylation sites (tertiary alicyclic amines) is 1. The predicted octanol–water partition coefficient (Wildman–Crippen LogP) is 2.03. The number of ether oxygens (including phenoxy) is 1. The second-order valence-electron chi connectivity index (χ2n) is 3.99. The van der Waals surface area contributed by atoms with Crippen molar-refractivity contribution in [3.05, 3.63) is 36.3 Å². The molecule has 0 aromatic rings. The van der Waals surface area contributed by atoms with E-state index < -0.39 is 0 Å². The Morgan fingerprint density at radius 1 is 1.38 bits per heavy atom. The van der Waals surface area contributed by atoms with Gasteiger partial charge in [0.25, 0.3) is 0 Å². The minimum Gasteiger partial charge on any atom is -0.493 e. The molecule has 1 aliphatic heterocycles. The molecule has 1 rings (SSSR count). The Morgan fingerprint density at radius 3 is 2.69 bits per heavy atom. The summed E-state index contributed by atoms with van der Waals surface area (Å²) in [5, 5.41) is 0. The maximum absolute atomic E-state index is 5.62. The fraction of sp³-hybridized carbons (Fsp3) is 0.538. The minimum absolute atomic E-state index is 0.670. The van der Waals surface area contributed by atoms with E-state index in [2.05, 4.69) is 11.5 Å². The molecule has 0 unspecified atom stereocenters. The van der Waals surface area contributed by atoms with Crippen LogP contribution in [0.5, 0.6) is 0 Å². The SMILES string of the molecule is C=C(/C=C\C(N)=C/C)OCCN1CCCC1. The Morgan fingerprint density at radius 2 is 2.06 bits per heavy atom. The number of rotatable bonds is 6. The van der Waals surface area contributed by atoms with Crippen LogP contribution in [0.15, 0.2) is 36.3 Å². The van der Waals surface area contributed by atoms with Crippen molar-refractivity contribution >= 4 is 0 Å². The van der Waals surface area contributed by atoms with Gasteiger partial charge in [-0.05, 0) is 45.0 Å². The molecule has 3 heteroatoms. The van der Waals surface area contributed by atoms with Crippen molar-refractivity contribution in [1.29, 1.82) is 0 Å². The monoisotopic (exact) mass is 222 g/mol. The smallest absolute Gasteiger partial charge is 0.112 e. The second-order valence-corrected chi connectivity index (χ2v) is 3.99. The van der Waals surface area contributed by atoms with Crippen molar-refractivity contribution in [2.24, 2.45) is 5.73 Å². The topological polar surface area (TPSA) is 38.5 Å². The molecule has 0 amide bonds. The third-order valence-electron chi connectivity index (χ3n) is 2.69. The summed E-state index contributed by atoms with van der Waals surface area (Å²) in [5.74, 6) is 0.670. The van der Waals surface area contributed by atoms with Crippen LogP contribution in [0.2, 0.25) is 0 Å². The van der Waals surface area contributed by atoms with Crippen LogP contribution in [0.3, 0.4) is 0 Å². The van der Waals surface area contributed by atoms with Gasteiger partial charge in [-0.25, -0.2) is 0 Å². The Kier molecular flexibility index (Phi) is 5.72. The van der Waals surface area contributed by atoms with Crippen LogP contribution in [0.1, 0.15) is 19.8 Å². The van der Waals surface area contributed by atoms with E-state index in [-0.39, 0.29) is 0 Å². The Balaban J connectivity index is 2.12. The van der Waals surface area contributed by atoms with Crippen LogP contribution in [-0.4, -0.2) is 31.1 Å². The summed E-state index contributed by atoms with van der Waals surface area (Å²) in [4.78, 5) is 2.41. The van der Waals surface area contributed by atoms with Gasteiger partial charge < -0.3 is 10.5 Å². The molecule has 3 nitrogen and oxygen atoms in total. The van der Waals surface area contributed by atoms with Crippen LogP contribution in [0.25, 0.3) is 0 Å². The maximum atomic E-state index is 5.62. The van der Waals surface area contributed by atoms with Crippen LogP contribution in [0.4, 0.5) is 0 Å². The first-order chi connectivity index (χ1) is 7.72. The minimum atomic E-state index is 0.670. The highest BCUT2D eigenvalue weighted by Gasteiger charge is 2.10. The molecule has 0 bridgehead atoms. The number of hydrogen-bond donors (Lipinski definition) is 1. The zero-order chi connectivity index (χ0) is 11.8. The average molecular weight is 222 g/mol. The Labute approximate surface area is 98.3 Å². The normalized spacial score (nSPS) is 18.2. The van der Waals surface area contributed by atoms with Gasteiger partial charge in [0, 0.05) is 12.2 Å². The molecule has 90 valence electrons. The number of nitrogens with zero attached hydrogens (tertiary/aromatic N) is 1. The summed E-state index contributed by atoms with van der Waals surface area (Å²) in [6.07, 6.45) is 8.09. The van der Waals surface area contributed by atoms with Crippen LogP contribution in [0, 0.1) is 0 Å². The van der Waals surface area contributed by atoms with E-state index in [4.69, 9.17) is 10.5 Å². The summed E-state index contributed by atoms with van der Waals surface area (Å²) < 4.78 is 5.49. The number of hydrogen-bond acceptors (Lipinski definition) is 3. The highest BCUT2D eigenvalue weighted by atomic mass is 16.5. The molecule has 0 saturated carbocycles. The standard InChI is InChI=1S/C13H22N2O/c1-3-13(14)7-6-12(2)16-11-10-15-8-4-5-9-15/h3,6-7H,2,4-5,8-11,14H2,1H3/b7-6-,13-3+. The van der Waals surface area contributed by atoms with Gasteiger partial charge in [-0.1, -0.05) is 12.7 Å². The fourth-order valence-corrected chi connectivity index (χ4v) is 1.65. The van der Waals surface area contributed by atoms with E-state index in [9.17, 15) is 0 Å². The van der Waals surface area contributed by atoms with Crippen LogP contribution >= 0.6 is 0 Å². The molecule has 16 heavy (non-hydrogen) atoms. The van der Waals surface area contributed by atoms with Gasteiger partial charge in [0.15, 0.2) is 0 Å². The van der Waals surface area contributed by atoms with E-state index in [0.29, 0.717) is 12.4 Å². The first kappa shape index (κ1) is 12.8. The molecule has 0 aromatic carbocycles. The predicted molar refractivity (Wildman–Crippen MR) is 67.9 cm³/mol. The quantitative estimate of drug-likeness (QED) is 0.552. The third-order valence-corrected chi connectivity index (χ3v) is 2.69. The first-order valence-electron chi connectivity index (χ1n) is 5.86. The highest BCUT2D eigenvalue weighted by molar-refractivity contribution is 5.20. The molecule has 1 aliphatic rings. The largest absolute Gasteiger partial charge is 0.493 e. The lowest BCUT2D eigenvalue weighted by molar-refractivity contribution is 0.181. The summed E-state index contributed by atoms with van der Waals surface area (Å²) in [6, 6.07) is 0. The van der Waals surface area contributed by atoms with Crippen molar-refractivity contribution in [3.8, 4) is 0 Å². The van der Waals surface area contributed by atoms with E-state index in [1.807, 2.05) is 13.0 Å². The Hall–Kier alpha value is -1.22. The molecular weight excluding hydrogens is 200 g/mol. The molecule has 0 aliphatic carbocycles. The molecular formula is C13H22N2O. The van der Waals surface area contributed by atoms with Crippen molar-refractivity contribution in [1.82, 2.24) is 4.90 Å². The molecule has 1 saturated heterocycles. The van der Waals surface area contributed by atoms with Crippen molar-refractivity contribution in [2.75, 3.05) is 26.2 Å². The molecule has 1 fully saturated rings. The van der Waals surface area contributed by atoms with E-state index in [1.54, 1.807) is 12.2 Å². The Bertz CT molecular complexity index is 276. The summed E-state index contributed by atoms with van der Waals surface area (Å²) in [7, 11) is 0. The number of allylic oxidation sites excluding steroid dienone is 3. The molecule has 0 atom stereocenters. The molecule has 0 spiro atoms. The highest BCUT2D eigenvalue weighted by Crippen LogP contribution is 2.07. The third kappa shape index (κ3) is 5.03. The lowest BCUT2D eigenvalue weighted by Gasteiger charge is -2.14. The molecule has 0 aromatic heterocycles. The van der Waals surface area contributed by atoms with E-state index >= 15 is 0 Å². The van der Waals surface area contributed by atoms with Gasteiger partial charge in [-0.15, -0.1) is 0 Å². The average Bonchev–Trinajstić information content (AvgIpc) is 2.79. The molecule has 1 heterocycles. The van der Waals surface area contributed by atoms with Crippen molar-refractivity contribution in [3.63, 3.8) is 0 Å².